The molecule has 2 unspecified atom stereocenters. The molecule has 1 saturated heterocycles. The predicted octanol–water partition coefficient (Wildman–Crippen LogP) is 2.11. The fourth-order valence-electron chi connectivity index (χ4n) is 1.69. The van der Waals surface area contributed by atoms with Crippen LogP contribution in [-0.4, -0.2) is 23.9 Å². The van der Waals surface area contributed by atoms with Gasteiger partial charge in [-0.15, -0.1) is 0 Å². The van der Waals surface area contributed by atoms with Crippen LogP contribution in [0.2, 0.25) is 0 Å². The summed E-state index contributed by atoms with van der Waals surface area (Å²) in [4.78, 5) is 0. The number of rotatable bonds is 5. The molecule has 1 aliphatic rings. The number of aliphatic hydroxyl groups excluding tert-OH is 1. The number of hydrogen-bond acceptors (Lipinski definition) is 2. The maximum Gasteiger partial charge on any atom is 0.0798 e. The molecule has 0 aromatic heterocycles. The Kier molecular flexibility index (Phi) is 4.62. The molecule has 0 radical (unpaired) electrons. The van der Waals surface area contributed by atoms with E-state index >= 15 is 0 Å². The van der Waals surface area contributed by atoms with Crippen molar-refractivity contribution in [2.45, 2.75) is 57.7 Å². The smallest absolute Gasteiger partial charge is 0.0798 e. The molecule has 2 nitrogen and oxygen atoms in total. The Morgan fingerprint density at radius 3 is 2.75 bits per heavy atom. The molecule has 0 amide bonds. The molecule has 0 spiro atoms. The molecule has 1 heterocycles. The third-order valence-corrected chi connectivity index (χ3v) is 2.44. The molecule has 72 valence electrons. The fourth-order valence-corrected chi connectivity index (χ4v) is 1.69. The van der Waals surface area contributed by atoms with Crippen LogP contribution in [0.15, 0.2) is 0 Å². The second-order valence-electron chi connectivity index (χ2n) is 3.69. The highest BCUT2D eigenvalue weighted by Gasteiger charge is 2.22. The van der Waals surface area contributed by atoms with E-state index in [0.29, 0.717) is 12.7 Å². The van der Waals surface area contributed by atoms with Gasteiger partial charge in [0.1, 0.15) is 0 Å². The summed E-state index contributed by atoms with van der Waals surface area (Å²) in [6.07, 6.45) is 7.32. The van der Waals surface area contributed by atoms with Gasteiger partial charge in [-0.05, 0) is 6.42 Å². The normalized spacial score (nSPS) is 29.5. The Morgan fingerprint density at radius 2 is 2.17 bits per heavy atom. The lowest BCUT2D eigenvalue weighted by Gasteiger charge is -2.07. The van der Waals surface area contributed by atoms with Crippen molar-refractivity contribution in [2.75, 3.05) is 6.61 Å². The van der Waals surface area contributed by atoms with Crippen LogP contribution in [-0.2, 0) is 4.74 Å². The van der Waals surface area contributed by atoms with E-state index in [0.717, 1.165) is 12.8 Å². The van der Waals surface area contributed by atoms with Crippen molar-refractivity contribution in [1.82, 2.24) is 0 Å². The molecular weight excluding hydrogens is 152 g/mol. The molecule has 0 saturated carbocycles. The van der Waals surface area contributed by atoms with E-state index in [1.165, 1.54) is 25.7 Å². The molecule has 0 aromatic rings. The van der Waals surface area contributed by atoms with Crippen LogP contribution in [0.1, 0.15) is 45.4 Å². The zero-order valence-electron chi connectivity index (χ0n) is 7.96. The molecule has 0 aliphatic carbocycles. The maximum atomic E-state index is 9.18. The largest absolute Gasteiger partial charge is 0.391 e. The zero-order valence-corrected chi connectivity index (χ0v) is 7.96. The highest BCUT2D eigenvalue weighted by atomic mass is 16.5. The molecule has 1 aliphatic heterocycles. The zero-order chi connectivity index (χ0) is 8.81. The molecule has 1 fully saturated rings. The van der Waals surface area contributed by atoms with Gasteiger partial charge in [0.15, 0.2) is 0 Å². The molecule has 0 aromatic carbocycles. The molecule has 1 N–H and O–H groups in total. The first-order valence-electron chi connectivity index (χ1n) is 5.12. The minimum absolute atomic E-state index is 0.193. The van der Waals surface area contributed by atoms with E-state index in [-0.39, 0.29) is 6.10 Å². The Bertz CT molecular complexity index is 114. The van der Waals surface area contributed by atoms with Crippen molar-refractivity contribution < 1.29 is 9.84 Å². The van der Waals surface area contributed by atoms with Crippen LogP contribution in [0.25, 0.3) is 0 Å². The number of unbranched alkanes of at least 4 members (excludes halogenated alkanes) is 3. The van der Waals surface area contributed by atoms with Crippen LogP contribution in [0.3, 0.4) is 0 Å². The van der Waals surface area contributed by atoms with Gasteiger partial charge in [-0.2, -0.15) is 0 Å². The van der Waals surface area contributed by atoms with Gasteiger partial charge in [0, 0.05) is 6.42 Å². The lowest BCUT2D eigenvalue weighted by atomic mass is 10.1. The summed E-state index contributed by atoms with van der Waals surface area (Å²) in [6, 6.07) is 0. The quantitative estimate of drug-likeness (QED) is 0.643. The van der Waals surface area contributed by atoms with Crippen LogP contribution >= 0.6 is 0 Å². The molecule has 12 heavy (non-hydrogen) atoms. The number of aliphatic hydroxyl groups is 1. The van der Waals surface area contributed by atoms with E-state index < -0.39 is 0 Å². The molecule has 1 rings (SSSR count). The van der Waals surface area contributed by atoms with Gasteiger partial charge in [0.25, 0.3) is 0 Å². The predicted molar refractivity (Wildman–Crippen MR) is 49.1 cm³/mol. The van der Waals surface area contributed by atoms with Gasteiger partial charge in [0.05, 0.1) is 18.8 Å². The summed E-state index contributed by atoms with van der Waals surface area (Å²) in [6.45, 7) is 2.77. The van der Waals surface area contributed by atoms with Gasteiger partial charge in [0.2, 0.25) is 0 Å². The summed E-state index contributed by atoms with van der Waals surface area (Å²) in [5.41, 5.74) is 0. The first-order valence-corrected chi connectivity index (χ1v) is 5.12. The third-order valence-electron chi connectivity index (χ3n) is 2.44. The van der Waals surface area contributed by atoms with E-state index in [2.05, 4.69) is 6.92 Å². The van der Waals surface area contributed by atoms with E-state index in [4.69, 9.17) is 4.74 Å². The minimum Gasteiger partial charge on any atom is -0.391 e. The lowest BCUT2D eigenvalue weighted by Crippen LogP contribution is -2.06. The van der Waals surface area contributed by atoms with Gasteiger partial charge in [-0.25, -0.2) is 0 Å². The van der Waals surface area contributed by atoms with Gasteiger partial charge < -0.3 is 9.84 Å². The van der Waals surface area contributed by atoms with Crippen LogP contribution in [0.4, 0.5) is 0 Å². The monoisotopic (exact) mass is 172 g/mol. The van der Waals surface area contributed by atoms with Crippen molar-refractivity contribution in [3.63, 3.8) is 0 Å². The summed E-state index contributed by atoms with van der Waals surface area (Å²) < 4.78 is 5.40. The first-order chi connectivity index (χ1) is 5.83. The SMILES string of the molecule is CCCCCCC1CC(O)CO1. The highest BCUT2D eigenvalue weighted by molar-refractivity contribution is 4.71. The summed E-state index contributed by atoms with van der Waals surface area (Å²) in [5.74, 6) is 0. The molecule has 2 atom stereocenters. The van der Waals surface area contributed by atoms with Crippen molar-refractivity contribution >= 4 is 0 Å². The van der Waals surface area contributed by atoms with Crippen molar-refractivity contribution in [2.24, 2.45) is 0 Å². The average molecular weight is 172 g/mol. The Morgan fingerprint density at radius 1 is 1.33 bits per heavy atom. The van der Waals surface area contributed by atoms with E-state index in [1.807, 2.05) is 0 Å². The fraction of sp³-hybridized carbons (Fsp3) is 1.00. The number of hydrogen-bond donors (Lipinski definition) is 1. The molecule has 2 heteroatoms. The molecule has 0 bridgehead atoms. The van der Waals surface area contributed by atoms with Gasteiger partial charge >= 0.3 is 0 Å². The van der Waals surface area contributed by atoms with Crippen molar-refractivity contribution in [1.29, 1.82) is 0 Å². The molecular formula is C10H20O2. The maximum absolute atomic E-state index is 9.18. The second-order valence-corrected chi connectivity index (χ2v) is 3.69. The Labute approximate surface area is 74.9 Å². The summed E-state index contributed by atoms with van der Waals surface area (Å²) in [7, 11) is 0. The number of ether oxygens (including phenoxy) is 1. The minimum atomic E-state index is -0.193. The second kappa shape index (κ2) is 5.55. The summed E-state index contributed by atoms with van der Waals surface area (Å²) in [5, 5.41) is 9.18. The van der Waals surface area contributed by atoms with Crippen molar-refractivity contribution in [3.8, 4) is 0 Å². The van der Waals surface area contributed by atoms with E-state index in [1.54, 1.807) is 0 Å². The van der Waals surface area contributed by atoms with Crippen LogP contribution < -0.4 is 0 Å². The average Bonchev–Trinajstić information content (AvgIpc) is 2.45. The standard InChI is InChI=1S/C10H20O2/c1-2-3-4-5-6-10-7-9(11)8-12-10/h9-11H,2-8H2,1H3. The van der Waals surface area contributed by atoms with Gasteiger partial charge in [-0.3, -0.25) is 0 Å². The van der Waals surface area contributed by atoms with Crippen LogP contribution in [0, 0.1) is 0 Å². The Hall–Kier alpha value is -0.0800. The topological polar surface area (TPSA) is 29.5 Å². The summed E-state index contributed by atoms with van der Waals surface area (Å²) >= 11 is 0. The lowest BCUT2D eigenvalue weighted by molar-refractivity contribution is 0.0829. The van der Waals surface area contributed by atoms with E-state index in [9.17, 15) is 5.11 Å². The van der Waals surface area contributed by atoms with Crippen molar-refractivity contribution in [3.05, 3.63) is 0 Å². The van der Waals surface area contributed by atoms with Crippen LogP contribution in [0.5, 0.6) is 0 Å². The third kappa shape index (κ3) is 3.55. The van der Waals surface area contributed by atoms with Gasteiger partial charge in [-0.1, -0.05) is 32.6 Å². The Balaban J connectivity index is 1.93. The first kappa shape index (κ1) is 10.0. The highest BCUT2D eigenvalue weighted by Crippen LogP contribution is 2.18.